The molecule has 1 saturated heterocycles. The third-order valence-electron chi connectivity index (χ3n) is 3.04. The maximum absolute atomic E-state index is 5.53. The Morgan fingerprint density at radius 2 is 1.20 bits per heavy atom. The molecular formula is C11H26N4. The van der Waals surface area contributed by atoms with Crippen molar-refractivity contribution in [2.45, 2.75) is 19.3 Å². The van der Waals surface area contributed by atoms with Gasteiger partial charge in [0, 0.05) is 13.1 Å². The second-order valence-corrected chi connectivity index (χ2v) is 4.32. The molecule has 1 rings (SSSR count). The molecule has 0 aromatic carbocycles. The Kier molecular flexibility index (Phi) is 6.92. The van der Waals surface area contributed by atoms with Crippen LogP contribution in [0.3, 0.4) is 0 Å². The fourth-order valence-corrected chi connectivity index (χ4v) is 2.10. The monoisotopic (exact) mass is 214 g/mol. The average Bonchev–Trinajstić information content (AvgIpc) is 2.49. The second-order valence-electron chi connectivity index (χ2n) is 4.32. The number of hydrogen-bond acceptors (Lipinski definition) is 4. The van der Waals surface area contributed by atoms with Crippen molar-refractivity contribution >= 4 is 0 Å². The van der Waals surface area contributed by atoms with Crippen molar-refractivity contribution in [3.05, 3.63) is 0 Å². The van der Waals surface area contributed by atoms with Crippen LogP contribution < -0.4 is 11.5 Å². The molecule has 4 heteroatoms. The Hall–Kier alpha value is -0.160. The molecule has 4 N–H and O–H groups in total. The predicted molar refractivity (Wildman–Crippen MR) is 64.8 cm³/mol. The second kappa shape index (κ2) is 8.05. The van der Waals surface area contributed by atoms with E-state index in [-0.39, 0.29) is 0 Å². The van der Waals surface area contributed by atoms with Gasteiger partial charge in [-0.1, -0.05) is 0 Å². The third kappa shape index (κ3) is 5.47. The zero-order chi connectivity index (χ0) is 10.9. The van der Waals surface area contributed by atoms with Gasteiger partial charge in [0.1, 0.15) is 0 Å². The summed E-state index contributed by atoms with van der Waals surface area (Å²) in [5.41, 5.74) is 11.1. The van der Waals surface area contributed by atoms with Crippen LogP contribution >= 0.6 is 0 Å². The molecule has 1 heterocycles. The maximum atomic E-state index is 5.53. The van der Waals surface area contributed by atoms with E-state index in [9.17, 15) is 0 Å². The largest absolute Gasteiger partial charge is 0.330 e. The number of nitrogens with two attached hydrogens (primary N) is 2. The van der Waals surface area contributed by atoms with Crippen molar-refractivity contribution in [2.75, 3.05) is 52.4 Å². The summed E-state index contributed by atoms with van der Waals surface area (Å²) in [7, 11) is 0. The van der Waals surface area contributed by atoms with Crippen LogP contribution in [0.4, 0.5) is 0 Å². The Bertz CT molecular complexity index is 136. The molecule has 0 amide bonds. The first kappa shape index (κ1) is 12.9. The van der Waals surface area contributed by atoms with Gasteiger partial charge in [0.15, 0.2) is 0 Å². The van der Waals surface area contributed by atoms with Crippen molar-refractivity contribution in [1.29, 1.82) is 0 Å². The molecule has 0 bridgehead atoms. The highest BCUT2D eigenvalue weighted by Crippen LogP contribution is 2.03. The summed E-state index contributed by atoms with van der Waals surface area (Å²) in [6.45, 7) is 8.83. The van der Waals surface area contributed by atoms with Crippen molar-refractivity contribution in [1.82, 2.24) is 9.80 Å². The van der Waals surface area contributed by atoms with Gasteiger partial charge >= 0.3 is 0 Å². The predicted octanol–water partition coefficient (Wildman–Crippen LogP) is -0.308. The number of nitrogens with zero attached hydrogens (tertiary/aromatic N) is 2. The van der Waals surface area contributed by atoms with Crippen molar-refractivity contribution in [3.8, 4) is 0 Å². The summed E-state index contributed by atoms with van der Waals surface area (Å²) >= 11 is 0. The standard InChI is InChI=1S/C11H26N4/c12-4-1-6-14-8-3-9-15(11-10-14)7-2-5-13/h1-13H2. The summed E-state index contributed by atoms with van der Waals surface area (Å²) in [5, 5.41) is 0. The normalized spacial score (nSPS) is 20.4. The van der Waals surface area contributed by atoms with Gasteiger partial charge in [0.05, 0.1) is 0 Å². The number of rotatable bonds is 6. The van der Waals surface area contributed by atoms with Crippen molar-refractivity contribution in [3.63, 3.8) is 0 Å². The topological polar surface area (TPSA) is 58.5 Å². The van der Waals surface area contributed by atoms with Crippen LogP contribution in [0.2, 0.25) is 0 Å². The first-order chi connectivity index (χ1) is 7.36. The van der Waals surface area contributed by atoms with Crippen LogP contribution in [0.25, 0.3) is 0 Å². The SMILES string of the molecule is NCCCN1CCCN(CCCN)CC1. The van der Waals surface area contributed by atoms with Crippen LogP contribution in [0.5, 0.6) is 0 Å². The summed E-state index contributed by atoms with van der Waals surface area (Å²) in [5.74, 6) is 0. The van der Waals surface area contributed by atoms with E-state index in [0.29, 0.717) is 0 Å². The van der Waals surface area contributed by atoms with Crippen LogP contribution in [-0.4, -0.2) is 62.2 Å². The van der Waals surface area contributed by atoms with E-state index in [1.807, 2.05) is 0 Å². The van der Waals surface area contributed by atoms with E-state index in [4.69, 9.17) is 11.5 Å². The minimum absolute atomic E-state index is 0.813. The van der Waals surface area contributed by atoms with E-state index in [1.54, 1.807) is 0 Å². The first-order valence-electron chi connectivity index (χ1n) is 6.21. The molecule has 0 aromatic heterocycles. The zero-order valence-corrected chi connectivity index (χ0v) is 9.83. The Morgan fingerprint density at radius 1 is 0.733 bits per heavy atom. The fraction of sp³-hybridized carbons (Fsp3) is 1.00. The molecule has 0 unspecified atom stereocenters. The molecule has 0 aliphatic carbocycles. The lowest BCUT2D eigenvalue weighted by Crippen LogP contribution is -2.33. The smallest absolute Gasteiger partial charge is 0.0109 e. The molecule has 1 fully saturated rings. The van der Waals surface area contributed by atoms with Crippen molar-refractivity contribution in [2.24, 2.45) is 11.5 Å². The minimum Gasteiger partial charge on any atom is -0.330 e. The molecule has 0 spiro atoms. The third-order valence-corrected chi connectivity index (χ3v) is 3.04. The molecular weight excluding hydrogens is 188 g/mol. The minimum atomic E-state index is 0.813. The average molecular weight is 214 g/mol. The van der Waals surface area contributed by atoms with E-state index >= 15 is 0 Å². The lowest BCUT2D eigenvalue weighted by molar-refractivity contribution is 0.254. The summed E-state index contributed by atoms with van der Waals surface area (Å²) in [4.78, 5) is 5.07. The van der Waals surface area contributed by atoms with Crippen LogP contribution in [0.1, 0.15) is 19.3 Å². The summed E-state index contributed by atoms with van der Waals surface area (Å²) in [6, 6.07) is 0. The van der Waals surface area contributed by atoms with Gasteiger partial charge in [0.25, 0.3) is 0 Å². The summed E-state index contributed by atoms with van der Waals surface area (Å²) in [6.07, 6.45) is 3.54. The van der Waals surface area contributed by atoms with E-state index < -0.39 is 0 Å². The maximum Gasteiger partial charge on any atom is 0.0109 e. The van der Waals surface area contributed by atoms with Gasteiger partial charge in [-0.05, 0) is 58.5 Å². The highest BCUT2D eigenvalue weighted by Gasteiger charge is 2.13. The highest BCUT2D eigenvalue weighted by atomic mass is 15.2. The lowest BCUT2D eigenvalue weighted by atomic mass is 10.3. The molecule has 1 aliphatic heterocycles. The molecule has 1 aliphatic rings. The highest BCUT2D eigenvalue weighted by molar-refractivity contribution is 4.69. The van der Waals surface area contributed by atoms with Gasteiger partial charge in [-0.3, -0.25) is 0 Å². The van der Waals surface area contributed by atoms with Gasteiger partial charge in [-0.25, -0.2) is 0 Å². The molecule has 0 radical (unpaired) electrons. The first-order valence-corrected chi connectivity index (χ1v) is 6.21. The molecule has 0 atom stereocenters. The quantitative estimate of drug-likeness (QED) is 0.637. The molecule has 15 heavy (non-hydrogen) atoms. The molecule has 90 valence electrons. The van der Waals surface area contributed by atoms with Gasteiger partial charge in [0.2, 0.25) is 0 Å². The van der Waals surface area contributed by atoms with Gasteiger partial charge in [-0.2, -0.15) is 0 Å². The molecule has 4 nitrogen and oxygen atoms in total. The van der Waals surface area contributed by atoms with Crippen molar-refractivity contribution < 1.29 is 0 Å². The zero-order valence-electron chi connectivity index (χ0n) is 9.83. The van der Waals surface area contributed by atoms with Gasteiger partial charge in [-0.15, -0.1) is 0 Å². The van der Waals surface area contributed by atoms with E-state index in [0.717, 1.165) is 25.9 Å². The molecule has 0 saturated carbocycles. The van der Waals surface area contributed by atoms with Crippen LogP contribution in [0.15, 0.2) is 0 Å². The van der Waals surface area contributed by atoms with Gasteiger partial charge < -0.3 is 21.3 Å². The fourth-order valence-electron chi connectivity index (χ4n) is 2.10. The van der Waals surface area contributed by atoms with Crippen LogP contribution in [0, 0.1) is 0 Å². The van der Waals surface area contributed by atoms with E-state index in [1.165, 1.54) is 45.7 Å². The van der Waals surface area contributed by atoms with Crippen LogP contribution in [-0.2, 0) is 0 Å². The molecule has 0 aromatic rings. The Labute approximate surface area is 93.6 Å². The summed E-state index contributed by atoms with van der Waals surface area (Å²) < 4.78 is 0. The Morgan fingerprint density at radius 3 is 1.60 bits per heavy atom. The van der Waals surface area contributed by atoms with E-state index in [2.05, 4.69) is 9.80 Å². The Balaban J connectivity index is 2.16. The lowest BCUT2D eigenvalue weighted by Gasteiger charge is -2.21. The number of hydrogen-bond donors (Lipinski definition) is 2.